The molecule has 9 nitrogen and oxygen atoms in total. The number of rotatable bonds is 19. The largest absolute Gasteiger partial charge is 0.355 e. The third-order valence-corrected chi connectivity index (χ3v) is 8.31. The lowest BCUT2D eigenvalue weighted by Crippen LogP contribution is -2.49. The van der Waals surface area contributed by atoms with Gasteiger partial charge >= 0.3 is 0 Å². The van der Waals surface area contributed by atoms with Gasteiger partial charge in [0.2, 0.25) is 23.6 Å². The van der Waals surface area contributed by atoms with Crippen LogP contribution in [0.3, 0.4) is 0 Å². The van der Waals surface area contributed by atoms with Crippen LogP contribution in [0.2, 0.25) is 0 Å². The predicted octanol–water partition coefficient (Wildman–Crippen LogP) is 4.22. The van der Waals surface area contributed by atoms with Crippen LogP contribution in [0.5, 0.6) is 0 Å². The zero-order chi connectivity index (χ0) is 34.7. The molecule has 4 amide bonds. The second-order valence-electron chi connectivity index (χ2n) is 11.9. The number of hydrogen-bond acceptors (Lipinski definition) is 6. The van der Waals surface area contributed by atoms with E-state index in [1.807, 2.05) is 72.8 Å². The Morgan fingerprint density at radius 3 is 1.37 bits per heavy atom. The molecule has 0 bridgehead atoms. The molecule has 9 heteroatoms. The first-order valence-electron chi connectivity index (χ1n) is 16.9. The van der Waals surface area contributed by atoms with Crippen molar-refractivity contribution in [2.75, 3.05) is 45.8 Å². The van der Waals surface area contributed by atoms with Crippen LogP contribution < -0.4 is 21.3 Å². The molecule has 49 heavy (non-hydrogen) atoms. The summed E-state index contributed by atoms with van der Waals surface area (Å²) in [6, 6.07) is 41.0. The molecule has 0 spiro atoms. The third-order valence-electron chi connectivity index (χ3n) is 8.31. The molecule has 256 valence electrons. The van der Waals surface area contributed by atoms with Crippen LogP contribution in [0.15, 0.2) is 121 Å². The van der Waals surface area contributed by atoms with Gasteiger partial charge in [0.1, 0.15) is 6.54 Å². The molecule has 4 aromatic carbocycles. The molecule has 4 rings (SSSR count). The molecule has 0 unspecified atom stereocenters. The molecule has 0 saturated carbocycles. The van der Waals surface area contributed by atoms with Crippen molar-refractivity contribution in [3.05, 3.63) is 144 Å². The quantitative estimate of drug-likeness (QED) is 0.112. The van der Waals surface area contributed by atoms with E-state index in [2.05, 4.69) is 69.8 Å². The summed E-state index contributed by atoms with van der Waals surface area (Å²) in [6.45, 7) is 2.55. The van der Waals surface area contributed by atoms with Gasteiger partial charge in [-0.25, -0.2) is 0 Å². The monoisotopic (exact) mass is 661 g/mol. The Bertz CT molecular complexity index is 1510. The van der Waals surface area contributed by atoms with Crippen molar-refractivity contribution in [2.45, 2.75) is 31.6 Å². The van der Waals surface area contributed by atoms with E-state index in [4.69, 9.17) is 0 Å². The maximum Gasteiger partial charge on any atom is 0.246 e. The maximum absolute atomic E-state index is 13.2. The predicted molar refractivity (Wildman–Crippen MR) is 193 cm³/mol. The number of nitrogens with one attached hydrogen (secondary N) is 4. The van der Waals surface area contributed by atoms with Crippen molar-refractivity contribution in [1.29, 1.82) is 0 Å². The number of carbonyl (C=O) groups excluding carboxylic acids is 4. The van der Waals surface area contributed by atoms with Gasteiger partial charge in [0, 0.05) is 31.8 Å². The highest BCUT2D eigenvalue weighted by molar-refractivity contribution is 5.98. The number of hydrogen-bond donors (Lipinski definition) is 4. The number of amides is 4. The molecule has 4 N–H and O–H groups in total. The minimum Gasteiger partial charge on any atom is -0.355 e. The Morgan fingerprint density at radius 2 is 0.959 bits per heavy atom. The van der Waals surface area contributed by atoms with E-state index >= 15 is 0 Å². The Morgan fingerprint density at radius 1 is 0.551 bits per heavy atom. The number of nitrogens with zero attached hydrogens (tertiary/aromatic N) is 1. The molecule has 0 atom stereocenters. The molecule has 0 heterocycles. The average molecular weight is 662 g/mol. The van der Waals surface area contributed by atoms with Gasteiger partial charge in [-0.05, 0) is 48.2 Å². The third kappa shape index (κ3) is 12.8. The lowest BCUT2D eigenvalue weighted by molar-refractivity contribution is -0.137. The van der Waals surface area contributed by atoms with E-state index in [1.54, 1.807) is 0 Å². The Kier molecular flexibility index (Phi) is 15.2. The fourth-order valence-electron chi connectivity index (χ4n) is 5.87. The first kappa shape index (κ1) is 36.7. The fourth-order valence-corrected chi connectivity index (χ4v) is 5.87. The van der Waals surface area contributed by atoms with Crippen LogP contribution in [0.1, 0.15) is 53.9 Å². The van der Waals surface area contributed by atoms with E-state index in [9.17, 15) is 19.2 Å². The zero-order valence-electron chi connectivity index (χ0n) is 28.1. The zero-order valence-corrected chi connectivity index (χ0v) is 28.1. The highest BCUT2D eigenvalue weighted by Gasteiger charge is 2.20. The van der Waals surface area contributed by atoms with Gasteiger partial charge < -0.3 is 20.9 Å². The lowest BCUT2D eigenvalue weighted by Gasteiger charge is -2.23. The van der Waals surface area contributed by atoms with Gasteiger partial charge in [0.25, 0.3) is 0 Å². The molecular formula is C40H47N5O4. The lowest BCUT2D eigenvalue weighted by atomic mass is 9.88. The normalized spacial score (nSPS) is 10.9. The Labute approximate surface area is 289 Å². The molecule has 0 fully saturated rings. The number of benzene rings is 4. The molecule has 0 saturated heterocycles. The molecule has 0 aliphatic heterocycles. The van der Waals surface area contributed by atoms with Crippen molar-refractivity contribution < 1.29 is 19.2 Å². The van der Waals surface area contributed by atoms with Crippen molar-refractivity contribution in [3.8, 4) is 0 Å². The molecule has 0 radical (unpaired) electrons. The standard InChI is InChI=1S/C40H47N5O4/c1-31(46)43-26-27-45(40(49)29-42-25-23-37(34-18-10-4-11-19-34)35-20-12-5-13-21-35)30-39(48)44-38(47)28-41-24-22-36(32-14-6-2-7-15-32)33-16-8-3-9-17-33/h2-21,36-37,41-42H,22-30H2,1H3,(H,43,46)(H,44,47,48). The number of imide groups is 1. The van der Waals surface area contributed by atoms with E-state index in [0.717, 1.165) is 12.8 Å². The molecule has 0 aliphatic rings. The minimum atomic E-state index is -0.581. The molecule has 0 aromatic heterocycles. The van der Waals surface area contributed by atoms with Crippen LogP contribution in [0.4, 0.5) is 0 Å². The van der Waals surface area contributed by atoms with Crippen molar-refractivity contribution >= 4 is 23.6 Å². The van der Waals surface area contributed by atoms with E-state index < -0.39 is 11.8 Å². The van der Waals surface area contributed by atoms with E-state index in [1.165, 1.54) is 34.1 Å². The summed E-state index contributed by atoms with van der Waals surface area (Å²) in [6.07, 6.45) is 1.54. The van der Waals surface area contributed by atoms with E-state index in [-0.39, 0.29) is 56.4 Å². The summed E-state index contributed by atoms with van der Waals surface area (Å²) in [7, 11) is 0. The van der Waals surface area contributed by atoms with Gasteiger partial charge in [-0.1, -0.05) is 121 Å². The Balaban J connectivity index is 1.24. The second-order valence-corrected chi connectivity index (χ2v) is 11.9. The van der Waals surface area contributed by atoms with Gasteiger partial charge in [0.05, 0.1) is 13.1 Å². The Hall–Kier alpha value is -5.12. The summed E-state index contributed by atoms with van der Waals surface area (Å²) >= 11 is 0. The van der Waals surface area contributed by atoms with Crippen LogP contribution in [-0.4, -0.2) is 74.3 Å². The molecule has 0 aliphatic carbocycles. The first-order valence-corrected chi connectivity index (χ1v) is 16.9. The van der Waals surface area contributed by atoms with Gasteiger partial charge in [-0.15, -0.1) is 0 Å². The van der Waals surface area contributed by atoms with Crippen molar-refractivity contribution in [1.82, 2.24) is 26.2 Å². The smallest absolute Gasteiger partial charge is 0.246 e. The van der Waals surface area contributed by atoms with Crippen LogP contribution in [0.25, 0.3) is 0 Å². The van der Waals surface area contributed by atoms with Crippen LogP contribution in [-0.2, 0) is 19.2 Å². The molecule has 4 aromatic rings. The number of carbonyl (C=O) groups is 4. The highest BCUT2D eigenvalue weighted by Crippen LogP contribution is 2.28. The van der Waals surface area contributed by atoms with Crippen LogP contribution in [0, 0.1) is 0 Å². The topological polar surface area (TPSA) is 120 Å². The van der Waals surface area contributed by atoms with Crippen molar-refractivity contribution in [2.24, 2.45) is 0 Å². The molecular weight excluding hydrogens is 614 g/mol. The minimum absolute atomic E-state index is 0.0170. The van der Waals surface area contributed by atoms with Gasteiger partial charge in [-0.3, -0.25) is 24.5 Å². The summed E-state index contributed by atoms with van der Waals surface area (Å²) in [4.78, 5) is 51.5. The average Bonchev–Trinajstić information content (AvgIpc) is 3.12. The highest BCUT2D eigenvalue weighted by atomic mass is 16.2. The van der Waals surface area contributed by atoms with Crippen molar-refractivity contribution in [3.63, 3.8) is 0 Å². The first-order chi connectivity index (χ1) is 23.9. The van der Waals surface area contributed by atoms with Gasteiger partial charge in [0.15, 0.2) is 0 Å². The fraction of sp³-hybridized carbons (Fsp3) is 0.300. The summed E-state index contributed by atoms with van der Waals surface area (Å²) < 4.78 is 0. The maximum atomic E-state index is 13.2. The summed E-state index contributed by atoms with van der Waals surface area (Å²) in [5.41, 5.74) is 4.78. The second kappa shape index (κ2) is 20.3. The summed E-state index contributed by atoms with van der Waals surface area (Å²) in [5, 5.41) is 11.4. The van der Waals surface area contributed by atoms with E-state index in [0.29, 0.717) is 13.1 Å². The summed E-state index contributed by atoms with van der Waals surface area (Å²) in [5.74, 6) is -1.25. The SMILES string of the molecule is CC(=O)NCCN(CC(=O)NC(=O)CNCCC(c1ccccc1)c1ccccc1)C(=O)CNCCC(c1ccccc1)c1ccccc1. The van der Waals surface area contributed by atoms with Gasteiger partial charge in [-0.2, -0.15) is 0 Å². The van der Waals surface area contributed by atoms with Crippen LogP contribution >= 0.6 is 0 Å².